The van der Waals surface area contributed by atoms with Gasteiger partial charge in [-0.2, -0.15) is 13.2 Å². The lowest BCUT2D eigenvalue weighted by Gasteiger charge is -2.28. The van der Waals surface area contributed by atoms with Gasteiger partial charge in [0, 0.05) is 24.9 Å². The summed E-state index contributed by atoms with van der Waals surface area (Å²) in [6.07, 6.45) is -1.78. The van der Waals surface area contributed by atoms with E-state index in [1.54, 1.807) is 4.90 Å². The fourth-order valence-corrected chi connectivity index (χ4v) is 1.97. The van der Waals surface area contributed by atoms with E-state index in [0.717, 1.165) is 6.08 Å². The van der Waals surface area contributed by atoms with Crippen molar-refractivity contribution in [1.29, 1.82) is 0 Å². The van der Waals surface area contributed by atoms with Gasteiger partial charge in [0.15, 0.2) is 0 Å². The zero-order valence-corrected chi connectivity index (χ0v) is 10.8. The molecule has 0 amide bonds. The van der Waals surface area contributed by atoms with Crippen molar-refractivity contribution in [3.8, 4) is 0 Å². The summed E-state index contributed by atoms with van der Waals surface area (Å²) >= 11 is 0. The van der Waals surface area contributed by atoms with Crippen LogP contribution in [0, 0.1) is 0 Å². The van der Waals surface area contributed by atoms with Gasteiger partial charge in [0.1, 0.15) is 5.82 Å². The van der Waals surface area contributed by atoms with E-state index in [2.05, 4.69) is 9.72 Å². The number of halogens is 3. The van der Waals surface area contributed by atoms with Crippen molar-refractivity contribution in [2.45, 2.75) is 12.6 Å². The van der Waals surface area contributed by atoms with E-state index >= 15 is 0 Å². The number of rotatable bonds is 2. The minimum Gasteiger partial charge on any atom is -0.465 e. The van der Waals surface area contributed by atoms with E-state index in [0.29, 0.717) is 11.4 Å². The maximum Gasteiger partial charge on any atom is 0.412 e. The third-order valence-corrected chi connectivity index (χ3v) is 3.06. The number of carbonyl (C=O) groups excluding carboxylic acids is 1. The Morgan fingerprint density at radius 3 is 2.75 bits per heavy atom. The summed E-state index contributed by atoms with van der Waals surface area (Å²) in [5.41, 5.74) is -0.194. The lowest BCUT2D eigenvalue weighted by molar-refractivity contribution is -0.0944. The molecule has 0 radical (unpaired) electrons. The number of hydrogen-bond acceptors (Lipinski definition) is 4. The normalized spacial score (nSPS) is 15.8. The Kier molecular flexibility index (Phi) is 3.96. The van der Waals surface area contributed by atoms with Gasteiger partial charge in [0.25, 0.3) is 0 Å². The number of anilines is 1. The third kappa shape index (κ3) is 3.09. The predicted octanol–water partition coefficient (Wildman–Crippen LogP) is 2.57. The second-order valence-corrected chi connectivity index (χ2v) is 4.32. The monoisotopic (exact) mass is 286 g/mol. The molecule has 0 aliphatic carbocycles. The number of esters is 1. The standard InChI is InChI=1S/C13H13F3N2O2/c1-20-12(19)9-2-5-17-11(8-9)18-6-3-10(4-7-18)13(14,15)16/h2-3,5,8H,4,6-7H2,1H3. The van der Waals surface area contributed by atoms with Gasteiger partial charge in [0.05, 0.1) is 12.7 Å². The lowest BCUT2D eigenvalue weighted by atomic mass is 10.1. The molecule has 0 unspecified atom stereocenters. The third-order valence-electron chi connectivity index (χ3n) is 3.06. The Balaban J connectivity index is 2.15. The van der Waals surface area contributed by atoms with Gasteiger partial charge in [-0.15, -0.1) is 0 Å². The number of carbonyl (C=O) groups is 1. The van der Waals surface area contributed by atoms with Crippen LogP contribution in [0.25, 0.3) is 0 Å². The smallest absolute Gasteiger partial charge is 0.412 e. The predicted molar refractivity (Wildman–Crippen MR) is 66.5 cm³/mol. The summed E-state index contributed by atoms with van der Waals surface area (Å²) in [7, 11) is 1.27. The van der Waals surface area contributed by atoms with Gasteiger partial charge in [-0.25, -0.2) is 9.78 Å². The molecule has 20 heavy (non-hydrogen) atoms. The van der Waals surface area contributed by atoms with Crippen LogP contribution in [0.5, 0.6) is 0 Å². The number of alkyl halides is 3. The van der Waals surface area contributed by atoms with E-state index in [4.69, 9.17) is 0 Å². The van der Waals surface area contributed by atoms with Crippen LogP contribution in [0.15, 0.2) is 30.0 Å². The van der Waals surface area contributed by atoms with Crippen LogP contribution >= 0.6 is 0 Å². The van der Waals surface area contributed by atoms with Crippen LogP contribution in [-0.2, 0) is 4.74 Å². The van der Waals surface area contributed by atoms with Gasteiger partial charge in [-0.3, -0.25) is 0 Å². The van der Waals surface area contributed by atoms with Crippen molar-refractivity contribution in [1.82, 2.24) is 4.98 Å². The molecule has 7 heteroatoms. The molecule has 1 aromatic heterocycles. The highest BCUT2D eigenvalue weighted by molar-refractivity contribution is 5.90. The number of aromatic nitrogens is 1. The largest absolute Gasteiger partial charge is 0.465 e. The van der Waals surface area contributed by atoms with Gasteiger partial charge in [-0.1, -0.05) is 6.08 Å². The molecule has 0 saturated carbocycles. The van der Waals surface area contributed by atoms with Crippen LogP contribution in [0.1, 0.15) is 16.8 Å². The number of pyridine rings is 1. The molecule has 2 rings (SSSR count). The van der Waals surface area contributed by atoms with Crippen LogP contribution in [-0.4, -0.2) is 37.3 Å². The van der Waals surface area contributed by atoms with Crippen LogP contribution in [0.4, 0.5) is 19.0 Å². The number of methoxy groups -OCH3 is 1. The van der Waals surface area contributed by atoms with Gasteiger partial charge < -0.3 is 9.64 Å². The molecule has 1 aliphatic heterocycles. The average Bonchev–Trinajstić information content (AvgIpc) is 2.46. The van der Waals surface area contributed by atoms with Crippen molar-refractivity contribution >= 4 is 11.8 Å². The zero-order chi connectivity index (χ0) is 14.8. The quantitative estimate of drug-likeness (QED) is 0.619. The molecule has 0 aromatic carbocycles. The topological polar surface area (TPSA) is 42.4 Å². The van der Waals surface area contributed by atoms with Gasteiger partial charge >= 0.3 is 12.1 Å². The van der Waals surface area contributed by atoms with Crippen molar-refractivity contribution in [3.05, 3.63) is 35.5 Å². The molecule has 0 atom stereocenters. The van der Waals surface area contributed by atoms with Gasteiger partial charge in [-0.05, 0) is 18.6 Å². The maximum atomic E-state index is 12.5. The van der Waals surface area contributed by atoms with Crippen LogP contribution in [0.2, 0.25) is 0 Å². The van der Waals surface area contributed by atoms with Crippen molar-refractivity contribution < 1.29 is 22.7 Å². The molecule has 4 nitrogen and oxygen atoms in total. The van der Waals surface area contributed by atoms with E-state index in [1.165, 1.54) is 25.4 Å². The minimum atomic E-state index is -4.27. The molecule has 0 fully saturated rings. The highest BCUT2D eigenvalue weighted by Crippen LogP contribution is 2.31. The zero-order valence-electron chi connectivity index (χ0n) is 10.8. The molecule has 0 N–H and O–H groups in total. The van der Waals surface area contributed by atoms with Crippen molar-refractivity contribution in [3.63, 3.8) is 0 Å². The van der Waals surface area contributed by atoms with Crippen molar-refractivity contribution in [2.24, 2.45) is 0 Å². The lowest BCUT2D eigenvalue weighted by Crippen LogP contribution is -2.32. The first-order valence-electron chi connectivity index (χ1n) is 5.97. The number of ether oxygens (including phenoxy) is 1. The first kappa shape index (κ1) is 14.4. The highest BCUT2D eigenvalue weighted by Gasteiger charge is 2.34. The summed E-state index contributed by atoms with van der Waals surface area (Å²) in [5, 5.41) is 0. The Labute approximate surface area is 113 Å². The summed E-state index contributed by atoms with van der Waals surface area (Å²) in [4.78, 5) is 17.2. The first-order valence-corrected chi connectivity index (χ1v) is 5.97. The van der Waals surface area contributed by atoms with E-state index < -0.39 is 17.7 Å². The van der Waals surface area contributed by atoms with E-state index in [-0.39, 0.29) is 19.5 Å². The maximum absolute atomic E-state index is 12.5. The molecule has 0 spiro atoms. The first-order chi connectivity index (χ1) is 9.41. The molecule has 1 aliphatic rings. The summed E-state index contributed by atoms with van der Waals surface area (Å²) in [6, 6.07) is 3.01. The molecule has 0 saturated heterocycles. The van der Waals surface area contributed by atoms with Gasteiger partial charge in [0.2, 0.25) is 0 Å². The SMILES string of the molecule is COC(=O)c1ccnc(N2CC=C(C(F)(F)F)CC2)c1. The van der Waals surface area contributed by atoms with E-state index in [1.807, 2.05) is 0 Å². The molecule has 2 heterocycles. The fourth-order valence-electron chi connectivity index (χ4n) is 1.97. The highest BCUT2D eigenvalue weighted by atomic mass is 19.4. The molecular weight excluding hydrogens is 273 g/mol. The number of hydrogen-bond donors (Lipinski definition) is 0. The van der Waals surface area contributed by atoms with E-state index in [9.17, 15) is 18.0 Å². The van der Waals surface area contributed by atoms with Crippen molar-refractivity contribution in [2.75, 3.05) is 25.1 Å². The molecule has 108 valence electrons. The van der Waals surface area contributed by atoms with Crippen LogP contribution < -0.4 is 4.90 Å². The second kappa shape index (κ2) is 5.52. The average molecular weight is 286 g/mol. The molecule has 0 bridgehead atoms. The Morgan fingerprint density at radius 1 is 1.45 bits per heavy atom. The minimum absolute atomic E-state index is 0.0897. The molecular formula is C13H13F3N2O2. The fraction of sp³-hybridized carbons (Fsp3) is 0.385. The Hall–Kier alpha value is -2.05. The molecule has 1 aromatic rings. The second-order valence-electron chi connectivity index (χ2n) is 4.32. The Morgan fingerprint density at radius 2 is 2.20 bits per heavy atom. The number of nitrogens with zero attached hydrogens (tertiary/aromatic N) is 2. The summed E-state index contributed by atoms with van der Waals surface area (Å²) in [6.45, 7) is 0.329. The van der Waals surface area contributed by atoms with Crippen LogP contribution in [0.3, 0.4) is 0 Å². The Bertz CT molecular complexity index is 541. The summed E-state index contributed by atoms with van der Waals surface area (Å²) in [5.74, 6) is -0.0393. The summed E-state index contributed by atoms with van der Waals surface area (Å²) < 4.78 is 42.2.